The molecule has 5 rings (SSSR count). The standard InChI is InChI=1S/C25H21NO/c1-25(2,3)19-12-13-20-18(15-19)10-9-16-11-14-21-23(22(16)20)26-24(27-21)17-7-5-4-6-8-17/h4-15H,1-3H3. The second-order valence-corrected chi connectivity index (χ2v) is 8.15. The van der Waals surface area contributed by atoms with Gasteiger partial charge in [0.15, 0.2) is 5.58 Å². The summed E-state index contributed by atoms with van der Waals surface area (Å²) in [4.78, 5) is 4.87. The highest BCUT2D eigenvalue weighted by molar-refractivity contribution is 6.18. The number of hydrogen-bond donors (Lipinski definition) is 0. The lowest BCUT2D eigenvalue weighted by Gasteiger charge is -2.19. The van der Waals surface area contributed by atoms with E-state index in [1.807, 2.05) is 36.4 Å². The van der Waals surface area contributed by atoms with E-state index in [-0.39, 0.29) is 5.41 Å². The number of rotatable bonds is 1. The molecule has 0 bridgehead atoms. The van der Waals surface area contributed by atoms with Crippen LogP contribution in [0.15, 0.2) is 77.2 Å². The Morgan fingerprint density at radius 1 is 0.778 bits per heavy atom. The van der Waals surface area contributed by atoms with E-state index >= 15 is 0 Å². The van der Waals surface area contributed by atoms with Gasteiger partial charge in [0.25, 0.3) is 0 Å². The third-order valence-corrected chi connectivity index (χ3v) is 5.24. The van der Waals surface area contributed by atoms with Gasteiger partial charge in [-0.15, -0.1) is 0 Å². The maximum Gasteiger partial charge on any atom is 0.227 e. The number of aromatic nitrogens is 1. The van der Waals surface area contributed by atoms with Crippen molar-refractivity contribution in [1.29, 1.82) is 0 Å². The zero-order chi connectivity index (χ0) is 18.6. The molecule has 2 nitrogen and oxygen atoms in total. The summed E-state index contributed by atoms with van der Waals surface area (Å²) in [5.41, 5.74) is 4.22. The number of hydrogen-bond acceptors (Lipinski definition) is 2. The van der Waals surface area contributed by atoms with Crippen LogP contribution in [0.1, 0.15) is 26.3 Å². The Balaban J connectivity index is 1.83. The van der Waals surface area contributed by atoms with Crippen molar-refractivity contribution in [2.75, 3.05) is 0 Å². The average molecular weight is 351 g/mol. The van der Waals surface area contributed by atoms with Crippen LogP contribution in [-0.2, 0) is 5.41 Å². The van der Waals surface area contributed by atoms with E-state index in [4.69, 9.17) is 9.40 Å². The molecule has 0 saturated carbocycles. The second-order valence-electron chi connectivity index (χ2n) is 8.15. The van der Waals surface area contributed by atoms with E-state index in [9.17, 15) is 0 Å². The molecule has 2 heteroatoms. The maximum absolute atomic E-state index is 6.08. The van der Waals surface area contributed by atoms with Crippen LogP contribution in [0.4, 0.5) is 0 Å². The fourth-order valence-electron chi connectivity index (χ4n) is 3.71. The summed E-state index contributed by atoms with van der Waals surface area (Å²) in [7, 11) is 0. The van der Waals surface area contributed by atoms with Crippen molar-refractivity contribution in [1.82, 2.24) is 4.98 Å². The number of oxazole rings is 1. The van der Waals surface area contributed by atoms with Crippen LogP contribution in [0.2, 0.25) is 0 Å². The minimum atomic E-state index is 0.128. The third kappa shape index (κ3) is 2.60. The van der Waals surface area contributed by atoms with Gasteiger partial charge < -0.3 is 4.42 Å². The normalized spacial score (nSPS) is 12.3. The van der Waals surface area contributed by atoms with Gasteiger partial charge >= 0.3 is 0 Å². The van der Waals surface area contributed by atoms with Gasteiger partial charge in [-0.3, -0.25) is 0 Å². The average Bonchev–Trinajstić information content (AvgIpc) is 3.11. The quantitative estimate of drug-likeness (QED) is 0.301. The Kier molecular flexibility index (Phi) is 3.38. The predicted octanol–water partition coefficient (Wildman–Crippen LogP) is 7.10. The molecule has 0 radical (unpaired) electrons. The first-order valence-corrected chi connectivity index (χ1v) is 9.33. The zero-order valence-electron chi connectivity index (χ0n) is 15.8. The van der Waals surface area contributed by atoms with E-state index in [0.717, 1.165) is 22.0 Å². The van der Waals surface area contributed by atoms with Gasteiger partial charge in [0.05, 0.1) is 0 Å². The minimum absolute atomic E-state index is 0.128. The molecule has 0 atom stereocenters. The van der Waals surface area contributed by atoms with Crippen LogP contribution in [0, 0.1) is 0 Å². The highest BCUT2D eigenvalue weighted by Gasteiger charge is 2.16. The van der Waals surface area contributed by atoms with E-state index in [0.29, 0.717) is 5.89 Å². The molecule has 4 aromatic carbocycles. The maximum atomic E-state index is 6.08. The third-order valence-electron chi connectivity index (χ3n) is 5.24. The fraction of sp³-hybridized carbons (Fsp3) is 0.160. The van der Waals surface area contributed by atoms with E-state index < -0.39 is 0 Å². The Morgan fingerprint density at radius 3 is 2.30 bits per heavy atom. The number of fused-ring (bicyclic) bond motifs is 5. The summed E-state index contributed by atoms with van der Waals surface area (Å²) in [6.07, 6.45) is 0. The first-order chi connectivity index (χ1) is 13.0. The molecule has 1 heterocycles. The van der Waals surface area contributed by atoms with Gasteiger partial charge in [0, 0.05) is 10.9 Å². The van der Waals surface area contributed by atoms with Crippen LogP contribution in [0.3, 0.4) is 0 Å². The Hall–Kier alpha value is -3.13. The summed E-state index contributed by atoms with van der Waals surface area (Å²) < 4.78 is 6.08. The topological polar surface area (TPSA) is 26.0 Å². The molecule has 0 aliphatic carbocycles. The van der Waals surface area contributed by atoms with Gasteiger partial charge in [0.1, 0.15) is 5.52 Å². The molecule has 0 amide bonds. The van der Waals surface area contributed by atoms with E-state index in [2.05, 4.69) is 57.2 Å². The molecule has 0 spiro atoms. The molecular formula is C25H21NO. The first-order valence-electron chi connectivity index (χ1n) is 9.33. The summed E-state index contributed by atoms with van der Waals surface area (Å²) >= 11 is 0. The van der Waals surface area contributed by atoms with Crippen LogP contribution in [0.25, 0.3) is 44.1 Å². The number of benzene rings is 4. The predicted molar refractivity (Wildman–Crippen MR) is 113 cm³/mol. The molecule has 0 unspecified atom stereocenters. The lowest BCUT2D eigenvalue weighted by Crippen LogP contribution is -2.10. The molecule has 1 aromatic heterocycles. The van der Waals surface area contributed by atoms with Crippen molar-refractivity contribution in [3.05, 3.63) is 78.4 Å². The lowest BCUT2D eigenvalue weighted by atomic mass is 9.85. The summed E-state index contributed by atoms with van der Waals surface area (Å²) in [5.74, 6) is 0.668. The molecular weight excluding hydrogens is 330 g/mol. The van der Waals surface area contributed by atoms with E-state index in [1.54, 1.807) is 0 Å². The van der Waals surface area contributed by atoms with Gasteiger partial charge in [-0.2, -0.15) is 0 Å². The minimum Gasteiger partial charge on any atom is -0.436 e. The smallest absolute Gasteiger partial charge is 0.227 e. The summed E-state index contributed by atoms with van der Waals surface area (Å²) in [6, 6.07) is 25.4. The zero-order valence-corrected chi connectivity index (χ0v) is 15.8. The van der Waals surface area contributed by atoms with Crippen LogP contribution >= 0.6 is 0 Å². The lowest BCUT2D eigenvalue weighted by molar-refractivity contribution is 0.591. The molecule has 0 N–H and O–H groups in total. The van der Waals surface area contributed by atoms with Crippen molar-refractivity contribution in [3.63, 3.8) is 0 Å². The van der Waals surface area contributed by atoms with Gasteiger partial charge in [0.2, 0.25) is 5.89 Å². The van der Waals surface area contributed by atoms with Gasteiger partial charge in [-0.25, -0.2) is 4.98 Å². The van der Waals surface area contributed by atoms with Crippen LogP contribution < -0.4 is 0 Å². The molecule has 0 aliphatic heterocycles. The van der Waals surface area contributed by atoms with Crippen molar-refractivity contribution < 1.29 is 4.42 Å². The van der Waals surface area contributed by atoms with Gasteiger partial charge in [-0.05, 0) is 45.3 Å². The summed E-state index contributed by atoms with van der Waals surface area (Å²) in [6.45, 7) is 6.74. The highest BCUT2D eigenvalue weighted by Crippen LogP contribution is 2.35. The van der Waals surface area contributed by atoms with Crippen molar-refractivity contribution in [3.8, 4) is 11.5 Å². The van der Waals surface area contributed by atoms with Crippen LogP contribution in [0.5, 0.6) is 0 Å². The molecule has 5 aromatic rings. The molecule has 0 saturated heterocycles. The molecule has 132 valence electrons. The molecule has 0 aliphatic rings. The molecule has 27 heavy (non-hydrogen) atoms. The van der Waals surface area contributed by atoms with Crippen LogP contribution in [-0.4, -0.2) is 4.98 Å². The fourth-order valence-corrected chi connectivity index (χ4v) is 3.71. The molecule has 0 fully saturated rings. The Labute approximate surface area is 158 Å². The SMILES string of the molecule is CC(C)(C)c1ccc2c(ccc3ccc4oc(-c5ccccc5)nc4c32)c1. The Morgan fingerprint density at radius 2 is 1.52 bits per heavy atom. The Bertz CT molecular complexity index is 1290. The highest BCUT2D eigenvalue weighted by atomic mass is 16.3. The second kappa shape index (κ2) is 5.68. The van der Waals surface area contributed by atoms with Crippen molar-refractivity contribution in [2.45, 2.75) is 26.2 Å². The first kappa shape index (κ1) is 16.1. The van der Waals surface area contributed by atoms with Crippen molar-refractivity contribution >= 4 is 32.6 Å². The van der Waals surface area contributed by atoms with E-state index in [1.165, 1.54) is 21.7 Å². The van der Waals surface area contributed by atoms with Crippen molar-refractivity contribution in [2.24, 2.45) is 0 Å². The number of nitrogens with zero attached hydrogens (tertiary/aromatic N) is 1. The monoisotopic (exact) mass is 351 g/mol. The van der Waals surface area contributed by atoms with Gasteiger partial charge in [-0.1, -0.05) is 75.4 Å². The summed E-state index contributed by atoms with van der Waals surface area (Å²) in [5, 5.41) is 4.81. The largest absolute Gasteiger partial charge is 0.436 e.